The van der Waals surface area contributed by atoms with Crippen LogP contribution in [0.1, 0.15) is 105 Å². The summed E-state index contributed by atoms with van der Waals surface area (Å²) < 4.78 is 19.8. The topological polar surface area (TPSA) is 44.8 Å². The number of benzene rings is 2. The maximum atomic E-state index is 11.4. The van der Waals surface area contributed by atoms with Gasteiger partial charge in [0.2, 0.25) is 0 Å². The molecule has 2 aromatic carbocycles. The highest BCUT2D eigenvalue weighted by Crippen LogP contribution is 2.37. The van der Waals surface area contributed by atoms with Crippen LogP contribution >= 0.6 is 0 Å². The smallest absolute Gasteiger partial charge is 0.408 e. The average molecular weight is 645 g/mol. The number of unbranched alkanes of at least 4 members (excludes halogenated alkanes) is 5. The van der Waals surface area contributed by atoms with Gasteiger partial charge in [-0.2, -0.15) is 0 Å². The second-order valence-electron chi connectivity index (χ2n) is 13.3. The zero-order valence-corrected chi connectivity index (χ0v) is 30.2. The van der Waals surface area contributed by atoms with Gasteiger partial charge in [0.15, 0.2) is 0 Å². The first-order valence-electron chi connectivity index (χ1n) is 17.9. The molecule has 1 aliphatic carbocycles. The zero-order chi connectivity index (χ0) is 33.0. The van der Waals surface area contributed by atoms with Crippen molar-refractivity contribution in [1.82, 2.24) is 0 Å². The fourth-order valence-electron chi connectivity index (χ4n) is 6.53. The van der Waals surface area contributed by atoms with Crippen LogP contribution in [0.4, 0.5) is 0 Å². The van der Waals surface area contributed by atoms with Gasteiger partial charge in [-0.05, 0) is 73.1 Å². The van der Waals surface area contributed by atoms with Crippen molar-refractivity contribution in [1.29, 1.82) is 0 Å². The first-order valence-corrected chi connectivity index (χ1v) is 19.7. The molecular formula is C41H60O4Si. The number of rotatable bonds is 20. The zero-order valence-electron chi connectivity index (χ0n) is 29.2. The van der Waals surface area contributed by atoms with Crippen molar-refractivity contribution in [3.8, 4) is 0 Å². The van der Waals surface area contributed by atoms with Gasteiger partial charge in [0, 0.05) is 6.42 Å². The van der Waals surface area contributed by atoms with Crippen LogP contribution in [-0.2, 0) is 18.4 Å². The standard InChI is InChI=1S/C41H60O4Si/c1-6-7-8-12-17-24-36(25-18-13-10-9-11-14-23-30-41(42)43-5)44-46(37-26-19-15-20-27-37,38-28-21-16-22-29-38)45-40-33-35(4)31-32-39(40)34(2)3/h7-8,15-22,24-29,34-36,39-40H,6,9-14,23,30-33H2,1-5H3/b8-7-,24-17-,25-18-/t35-,36-,39+,40-/m0/s1. The third-order valence-electron chi connectivity index (χ3n) is 9.19. The number of esters is 1. The Morgan fingerprint density at radius 3 is 2.11 bits per heavy atom. The van der Waals surface area contributed by atoms with Crippen LogP contribution in [0.5, 0.6) is 0 Å². The third-order valence-corrected chi connectivity index (χ3v) is 12.6. The molecular weight excluding hydrogens is 585 g/mol. The van der Waals surface area contributed by atoms with E-state index in [-0.39, 0.29) is 18.2 Å². The van der Waals surface area contributed by atoms with Gasteiger partial charge in [0.05, 0.1) is 19.3 Å². The van der Waals surface area contributed by atoms with Crippen molar-refractivity contribution < 1.29 is 18.4 Å². The molecule has 0 saturated heterocycles. The van der Waals surface area contributed by atoms with Gasteiger partial charge in [-0.1, -0.05) is 150 Å². The lowest BCUT2D eigenvalue weighted by Gasteiger charge is -2.43. The van der Waals surface area contributed by atoms with Crippen LogP contribution in [0.3, 0.4) is 0 Å². The highest BCUT2D eigenvalue weighted by molar-refractivity contribution is 6.92. The van der Waals surface area contributed by atoms with Crippen molar-refractivity contribution >= 4 is 24.9 Å². The van der Waals surface area contributed by atoms with Crippen molar-refractivity contribution in [2.45, 2.75) is 117 Å². The number of allylic oxidation sites excluding steroid dienone is 4. The molecule has 0 heterocycles. The fraction of sp³-hybridized carbons (Fsp3) is 0.537. The summed E-state index contributed by atoms with van der Waals surface area (Å²) in [5.74, 6) is 1.59. The summed E-state index contributed by atoms with van der Waals surface area (Å²) in [7, 11) is -1.69. The highest BCUT2D eigenvalue weighted by atomic mass is 28.4. The van der Waals surface area contributed by atoms with E-state index in [0.29, 0.717) is 24.2 Å². The Labute approximate surface area is 281 Å². The summed E-state index contributed by atoms with van der Waals surface area (Å²) in [5.41, 5.74) is 0. The van der Waals surface area contributed by atoms with Crippen LogP contribution < -0.4 is 10.4 Å². The lowest BCUT2D eigenvalue weighted by Crippen LogP contribution is -2.66. The van der Waals surface area contributed by atoms with E-state index >= 15 is 0 Å². The largest absolute Gasteiger partial charge is 0.469 e. The Bertz CT molecular complexity index is 1150. The predicted molar refractivity (Wildman–Crippen MR) is 196 cm³/mol. The molecule has 0 bridgehead atoms. The Morgan fingerprint density at radius 1 is 0.848 bits per heavy atom. The van der Waals surface area contributed by atoms with E-state index in [4.69, 9.17) is 13.6 Å². The minimum atomic E-state index is -3.15. The summed E-state index contributed by atoms with van der Waals surface area (Å²) in [6.45, 7) is 9.24. The summed E-state index contributed by atoms with van der Waals surface area (Å²) in [6, 6.07) is 21.5. The molecule has 5 heteroatoms. The Kier molecular flexibility index (Phi) is 17.4. The van der Waals surface area contributed by atoms with Crippen LogP contribution in [-0.4, -0.2) is 33.8 Å². The fourth-order valence-corrected chi connectivity index (χ4v) is 9.96. The van der Waals surface area contributed by atoms with E-state index in [1.165, 1.54) is 20.0 Å². The maximum Gasteiger partial charge on any atom is 0.408 e. The molecule has 46 heavy (non-hydrogen) atoms. The Hall–Kier alpha value is -2.73. The van der Waals surface area contributed by atoms with E-state index in [0.717, 1.165) is 68.2 Å². The molecule has 252 valence electrons. The van der Waals surface area contributed by atoms with Gasteiger partial charge >= 0.3 is 14.5 Å². The van der Waals surface area contributed by atoms with E-state index in [1.807, 2.05) is 0 Å². The monoisotopic (exact) mass is 644 g/mol. The quantitative estimate of drug-likeness (QED) is 0.0623. The van der Waals surface area contributed by atoms with Gasteiger partial charge in [0.1, 0.15) is 0 Å². The van der Waals surface area contributed by atoms with Gasteiger partial charge in [-0.15, -0.1) is 0 Å². The number of carbonyl (C=O) groups excluding carboxylic acids is 1. The molecule has 1 saturated carbocycles. The molecule has 4 atom stereocenters. The van der Waals surface area contributed by atoms with Gasteiger partial charge in [-0.25, -0.2) is 0 Å². The SMILES string of the molecule is CC/C=C\C/C=C\[C@@H](/C=C\CCCCCCCC(=O)OC)O[Si](O[C@H]1C[C@@H](C)CC[C@@H]1C(C)C)(c1ccccc1)c1ccccc1. The summed E-state index contributed by atoms with van der Waals surface area (Å²) in [6.07, 6.45) is 25.7. The number of ether oxygens (including phenoxy) is 1. The lowest BCUT2D eigenvalue weighted by molar-refractivity contribution is -0.140. The van der Waals surface area contributed by atoms with Crippen LogP contribution in [0.25, 0.3) is 0 Å². The molecule has 2 aromatic rings. The third kappa shape index (κ3) is 12.5. The second-order valence-corrected chi connectivity index (χ2v) is 16.1. The van der Waals surface area contributed by atoms with Crippen molar-refractivity contribution in [2.75, 3.05) is 7.11 Å². The average Bonchev–Trinajstić information content (AvgIpc) is 3.07. The second kappa shape index (κ2) is 21.2. The maximum absolute atomic E-state index is 11.4. The minimum Gasteiger partial charge on any atom is -0.469 e. The number of carbonyl (C=O) groups is 1. The molecule has 0 radical (unpaired) electrons. The van der Waals surface area contributed by atoms with Gasteiger partial charge in [-0.3, -0.25) is 4.79 Å². The normalized spacial score (nSPS) is 19.8. The molecule has 4 nitrogen and oxygen atoms in total. The minimum absolute atomic E-state index is 0.112. The number of methoxy groups -OCH3 is 1. The molecule has 0 spiro atoms. The van der Waals surface area contributed by atoms with E-state index in [2.05, 4.69) is 125 Å². The lowest BCUT2D eigenvalue weighted by atomic mass is 9.75. The number of hydrogen-bond donors (Lipinski definition) is 0. The van der Waals surface area contributed by atoms with Crippen LogP contribution in [0.2, 0.25) is 0 Å². The molecule has 1 aliphatic rings. The van der Waals surface area contributed by atoms with Crippen LogP contribution in [0, 0.1) is 17.8 Å². The first-order chi connectivity index (χ1) is 22.4. The molecule has 0 aromatic heterocycles. The van der Waals surface area contributed by atoms with Crippen molar-refractivity contribution in [3.05, 3.63) is 97.1 Å². The van der Waals surface area contributed by atoms with Gasteiger partial charge < -0.3 is 13.6 Å². The highest BCUT2D eigenvalue weighted by Gasteiger charge is 2.48. The van der Waals surface area contributed by atoms with E-state index in [1.54, 1.807) is 0 Å². The molecule has 0 aliphatic heterocycles. The Morgan fingerprint density at radius 2 is 1.48 bits per heavy atom. The predicted octanol–water partition coefficient (Wildman–Crippen LogP) is 9.48. The molecule has 0 amide bonds. The van der Waals surface area contributed by atoms with Crippen molar-refractivity contribution in [2.24, 2.45) is 17.8 Å². The molecule has 1 fully saturated rings. The van der Waals surface area contributed by atoms with E-state index < -0.39 is 8.56 Å². The van der Waals surface area contributed by atoms with Crippen molar-refractivity contribution in [3.63, 3.8) is 0 Å². The van der Waals surface area contributed by atoms with Gasteiger partial charge in [0.25, 0.3) is 0 Å². The molecule has 0 unspecified atom stereocenters. The summed E-state index contributed by atoms with van der Waals surface area (Å²) >= 11 is 0. The first kappa shape index (κ1) is 37.7. The Balaban J connectivity index is 1.90. The molecule has 0 N–H and O–H groups in total. The number of hydrogen-bond acceptors (Lipinski definition) is 4. The summed E-state index contributed by atoms with van der Waals surface area (Å²) in [5, 5.41) is 2.32. The van der Waals surface area contributed by atoms with Crippen LogP contribution in [0.15, 0.2) is 97.1 Å². The van der Waals surface area contributed by atoms with E-state index in [9.17, 15) is 4.79 Å². The molecule has 3 rings (SSSR count). The summed E-state index contributed by atoms with van der Waals surface area (Å²) in [4.78, 5) is 11.4.